The molecule has 2 aromatic rings. The third-order valence-corrected chi connectivity index (χ3v) is 10.1. The first-order valence-electron chi connectivity index (χ1n) is 13.4. The van der Waals surface area contributed by atoms with Crippen molar-refractivity contribution >= 4 is 33.4 Å². The fourth-order valence-corrected chi connectivity index (χ4v) is 6.37. The van der Waals surface area contributed by atoms with Crippen LogP contribution in [0.3, 0.4) is 0 Å². The molecule has 1 atom stereocenters. The number of hydrogen-bond donors (Lipinski definition) is 2. The van der Waals surface area contributed by atoms with Gasteiger partial charge in [-0.25, -0.2) is 18.2 Å². The van der Waals surface area contributed by atoms with Gasteiger partial charge in [-0.05, 0) is 80.0 Å². The molecule has 1 saturated carbocycles. The molecule has 5 rings (SSSR count). The molecule has 13 heteroatoms. The number of nitrogens with zero attached hydrogens (tertiary/aromatic N) is 3. The van der Waals surface area contributed by atoms with Crippen LogP contribution in [0.1, 0.15) is 38.2 Å². The molecule has 1 aromatic carbocycles. The summed E-state index contributed by atoms with van der Waals surface area (Å²) in [5, 5.41) is 2.82. The van der Waals surface area contributed by atoms with Gasteiger partial charge in [0.05, 0.1) is 18.0 Å². The first kappa shape index (κ1) is 28.5. The van der Waals surface area contributed by atoms with Gasteiger partial charge in [0.15, 0.2) is 0 Å². The number of ether oxygens (including phenoxy) is 1. The van der Waals surface area contributed by atoms with Gasteiger partial charge in [0, 0.05) is 38.3 Å². The second-order valence-electron chi connectivity index (χ2n) is 11.1. The van der Waals surface area contributed by atoms with Gasteiger partial charge in [-0.1, -0.05) is 6.07 Å². The Balaban J connectivity index is 1.40. The number of amides is 2. The third kappa shape index (κ3) is 6.46. The topological polar surface area (TPSA) is 104 Å². The minimum absolute atomic E-state index is 0.0553. The van der Waals surface area contributed by atoms with Crippen molar-refractivity contribution in [2.75, 3.05) is 54.3 Å². The number of pyridine rings is 1. The Morgan fingerprint density at radius 2 is 1.88 bits per heavy atom. The fraction of sp³-hybridized carbons (Fsp3) is 0.556. The molecule has 3 fully saturated rings. The first-order chi connectivity index (χ1) is 18.8. The molecule has 218 valence electrons. The minimum atomic E-state index is -4.25. The molecule has 1 aromatic heterocycles. The molecule has 2 N–H and O–H groups in total. The highest BCUT2D eigenvalue weighted by Gasteiger charge is 2.50. The number of carbonyl (C=O) groups is 1. The van der Waals surface area contributed by atoms with Gasteiger partial charge in [-0.3, -0.25) is 4.72 Å². The molecule has 0 unspecified atom stereocenters. The Morgan fingerprint density at radius 3 is 2.55 bits per heavy atom. The van der Waals surface area contributed by atoms with Gasteiger partial charge < -0.3 is 19.9 Å². The van der Waals surface area contributed by atoms with Crippen LogP contribution in [0.4, 0.5) is 35.3 Å². The van der Waals surface area contributed by atoms with E-state index in [1.165, 1.54) is 4.90 Å². The number of aromatic nitrogens is 1. The number of anilines is 3. The Hall–Kier alpha value is -3.06. The number of likely N-dealkylation sites (tertiary alicyclic amines) is 1. The van der Waals surface area contributed by atoms with Crippen LogP contribution >= 0.6 is 0 Å². The lowest BCUT2D eigenvalue weighted by Crippen LogP contribution is -2.37. The van der Waals surface area contributed by atoms with Crippen molar-refractivity contribution in [1.82, 2.24) is 9.88 Å². The van der Waals surface area contributed by atoms with Crippen LogP contribution in [0, 0.1) is 12.8 Å². The summed E-state index contributed by atoms with van der Waals surface area (Å²) >= 11 is 0. The van der Waals surface area contributed by atoms with Crippen LogP contribution < -0.4 is 14.9 Å². The maximum Gasteiger partial charge on any atom is 0.389 e. The highest BCUT2D eigenvalue weighted by molar-refractivity contribution is 7.94. The molecule has 3 heterocycles. The average molecular weight is 582 g/mol. The van der Waals surface area contributed by atoms with E-state index in [1.807, 2.05) is 24.0 Å². The van der Waals surface area contributed by atoms with Crippen molar-refractivity contribution in [3.8, 4) is 11.1 Å². The van der Waals surface area contributed by atoms with Crippen LogP contribution in [0.25, 0.3) is 11.1 Å². The zero-order valence-electron chi connectivity index (χ0n) is 22.6. The van der Waals surface area contributed by atoms with E-state index in [-0.39, 0.29) is 18.9 Å². The van der Waals surface area contributed by atoms with Gasteiger partial charge in [-0.15, -0.1) is 0 Å². The molecule has 0 spiro atoms. The monoisotopic (exact) mass is 581 g/mol. The molecule has 0 radical (unpaired) electrons. The molecule has 2 aliphatic heterocycles. The van der Waals surface area contributed by atoms with Gasteiger partial charge >= 0.3 is 12.2 Å². The predicted octanol–water partition coefficient (Wildman–Crippen LogP) is 4.99. The second kappa shape index (κ2) is 10.7. The number of alkyl halides is 3. The van der Waals surface area contributed by atoms with Gasteiger partial charge in [0.25, 0.3) is 0 Å². The van der Waals surface area contributed by atoms with E-state index in [4.69, 9.17) is 4.74 Å². The number of rotatable bonds is 7. The second-order valence-corrected chi connectivity index (χ2v) is 13.3. The predicted molar refractivity (Wildman–Crippen MR) is 147 cm³/mol. The van der Waals surface area contributed by atoms with E-state index in [2.05, 4.69) is 15.0 Å². The molecule has 0 bridgehead atoms. The number of benzene rings is 1. The number of nitrogens with one attached hydrogen (secondary N) is 2. The molecule has 9 nitrogen and oxygen atoms in total. The smallest absolute Gasteiger partial charge is 0.378 e. The number of carbonyl (C=O) groups excluding carboxylic acids is 1. The van der Waals surface area contributed by atoms with Crippen LogP contribution in [0.2, 0.25) is 0 Å². The summed E-state index contributed by atoms with van der Waals surface area (Å²) in [6.45, 7) is 6.23. The van der Waals surface area contributed by atoms with Crippen molar-refractivity contribution in [3.63, 3.8) is 0 Å². The van der Waals surface area contributed by atoms with Crippen LogP contribution in [-0.4, -0.2) is 74.6 Å². The van der Waals surface area contributed by atoms with Crippen molar-refractivity contribution in [3.05, 3.63) is 35.9 Å². The molecule has 3 aliphatic rings. The number of aryl methyl sites for hydroxylation is 1. The summed E-state index contributed by atoms with van der Waals surface area (Å²) in [6, 6.07) is 8.48. The largest absolute Gasteiger partial charge is 0.389 e. The summed E-state index contributed by atoms with van der Waals surface area (Å²) in [5.74, 6) is 0.227. The van der Waals surface area contributed by atoms with E-state index >= 15 is 0 Å². The van der Waals surface area contributed by atoms with Crippen molar-refractivity contribution in [2.24, 2.45) is 5.92 Å². The number of hydrogen-bond acceptors (Lipinski definition) is 6. The van der Waals surface area contributed by atoms with Crippen molar-refractivity contribution < 1.29 is 31.1 Å². The molecular formula is C27H34F3N5O4S. The van der Waals surface area contributed by atoms with E-state index < -0.39 is 39.3 Å². The lowest BCUT2D eigenvalue weighted by atomic mass is 10.00. The maximum absolute atomic E-state index is 13.0. The zero-order valence-corrected chi connectivity index (χ0v) is 23.4. The highest BCUT2D eigenvalue weighted by Crippen LogP contribution is 2.43. The van der Waals surface area contributed by atoms with Gasteiger partial charge in [0.1, 0.15) is 11.6 Å². The summed E-state index contributed by atoms with van der Waals surface area (Å²) in [4.78, 5) is 20.9. The standard InChI is InChI=1S/C27H34F3N5O4S/c1-18-3-4-21(31-25(36)35-8-5-19(17-35)16-27(28,29)30)15-22(18)20-13-23(33-40(37,38)26(2)6-7-26)32-24(14-20)34-9-11-39-12-10-34/h3-4,13-15,19H,5-12,16-17H2,1-2H3,(H,31,36)(H,32,33)/t19-/m0/s1. The van der Waals surface area contributed by atoms with E-state index in [0.29, 0.717) is 57.1 Å². The Bertz CT molecular complexity index is 1370. The normalized spacial score (nSPS) is 20.9. The molecule has 40 heavy (non-hydrogen) atoms. The van der Waals surface area contributed by atoms with E-state index in [1.54, 1.807) is 25.1 Å². The number of morpholine rings is 1. The van der Waals surface area contributed by atoms with Crippen molar-refractivity contribution in [2.45, 2.75) is 50.5 Å². The molecule has 1 aliphatic carbocycles. The first-order valence-corrected chi connectivity index (χ1v) is 14.9. The average Bonchev–Trinajstić information content (AvgIpc) is 3.50. The maximum atomic E-state index is 13.0. The number of halogens is 3. The molecular weight excluding hydrogens is 547 g/mol. The minimum Gasteiger partial charge on any atom is -0.378 e. The van der Waals surface area contributed by atoms with E-state index in [0.717, 1.165) is 16.7 Å². The lowest BCUT2D eigenvalue weighted by Gasteiger charge is -2.29. The quantitative estimate of drug-likeness (QED) is 0.478. The summed E-state index contributed by atoms with van der Waals surface area (Å²) in [5.41, 5.74) is 2.87. The third-order valence-electron chi connectivity index (χ3n) is 7.88. The lowest BCUT2D eigenvalue weighted by molar-refractivity contribution is -0.143. The summed E-state index contributed by atoms with van der Waals surface area (Å²) in [6.07, 6.45) is -3.66. The van der Waals surface area contributed by atoms with Crippen LogP contribution in [0.5, 0.6) is 0 Å². The van der Waals surface area contributed by atoms with Gasteiger partial charge in [0.2, 0.25) is 10.0 Å². The Labute approximate surface area is 232 Å². The Morgan fingerprint density at radius 1 is 1.15 bits per heavy atom. The van der Waals surface area contributed by atoms with Crippen LogP contribution in [-0.2, 0) is 14.8 Å². The number of sulfonamides is 1. The van der Waals surface area contributed by atoms with Gasteiger partial charge in [-0.2, -0.15) is 13.2 Å². The molecule has 2 amide bonds. The van der Waals surface area contributed by atoms with Crippen LogP contribution in [0.15, 0.2) is 30.3 Å². The number of urea groups is 1. The Kier molecular flexibility index (Phi) is 7.64. The summed E-state index contributed by atoms with van der Waals surface area (Å²) < 4.78 is 71.7. The molecule has 2 saturated heterocycles. The zero-order chi connectivity index (χ0) is 28.7. The fourth-order valence-electron chi connectivity index (χ4n) is 5.11. The van der Waals surface area contributed by atoms with E-state index in [9.17, 15) is 26.4 Å². The summed E-state index contributed by atoms with van der Waals surface area (Å²) in [7, 11) is -3.63. The SMILES string of the molecule is Cc1ccc(NC(=O)N2CC[C@@H](CC(F)(F)F)C2)cc1-c1cc(NS(=O)(=O)C2(C)CC2)nc(N2CCOCC2)c1. The van der Waals surface area contributed by atoms with Crippen molar-refractivity contribution in [1.29, 1.82) is 0 Å². The highest BCUT2D eigenvalue weighted by atomic mass is 32.2.